The molecule has 0 radical (unpaired) electrons. The van der Waals surface area contributed by atoms with Crippen LogP contribution in [0.15, 0.2) is 38.8 Å². The van der Waals surface area contributed by atoms with E-state index in [1.54, 1.807) is 4.90 Å². The van der Waals surface area contributed by atoms with Gasteiger partial charge in [-0.15, -0.1) is 0 Å². The molecule has 12 nitrogen and oxygen atoms in total. The predicted octanol–water partition coefficient (Wildman–Crippen LogP) is -0.0962. The molecule has 0 aliphatic carbocycles. The van der Waals surface area contributed by atoms with Gasteiger partial charge in [0.25, 0.3) is 5.56 Å². The molecule has 182 valence electrons. The maximum absolute atomic E-state index is 12.6. The summed E-state index contributed by atoms with van der Waals surface area (Å²) in [6.45, 7) is 4.80. The summed E-state index contributed by atoms with van der Waals surface area (Å²) in [5.74, 6) is -0.235. The van der Waals surface area contributed by atoms with E-state index in [1.807, 2.05) is 13.8 Å². The van der Waals surface area contributed by atoms with Crippen LogP contribution < -0.4 is 32.3 Å². The minimum atomic E-state index is -3.83. The number of carbonyl (C=O) groups excluding carboxylic acids is 1. The number of aromatic nitrogens is 2. The second-order valence-corrected chi connectivity index (χ2v) is 9.41. The van der Waals surface area contributed by atoms with E-state index in [2.05, 4.69) is 10.3 Å². The van der Waals surface area contributed by atoms with Gasteiger partial charge in [-0.25, -0.2) is 18.4 Å². The van der Waals surface area contributed by atoms with Crippen molar-refractivity contribution in [1.29, 1.82) is 0 Å². The predicted molar refractivity (Wildman–Crippen MR) is 126 cm³/mol. The zero-order valence-corrected chi connectivity index (χ0v) is 19.6. The van der Waals surface area contributed by atoms with Crippen LogP contribution >= 0.6 is 0 Å². The average molecular weight is 483 g/mol. The molecule has 0 saturated heterocycles. The maximum atomic E-state index is 12.6. The van der Waals surface area contributed by atoms with Crippen LogP contribution in [0.25, 0.3) is 0 Å². The number of anilines is 3. The number of amides is 1. The van der Waals surface area contributed by atoms with Crippen LogP contribution in [0, 0.1) is 5.92 Å². The number of nitrogens with two attached hydrogens (primary N) is 2. The lowest BCUT2D eigenvalue weighted by Crippen LogP contribution is -2.41. The molecule has 13 heteroatoms. The zero-order chi connectivity index (χ0) is 24.8. The Kier molecular flexibility index (Phi) is 8.79. The van der Waals surface area contributed by atoms with Crippen LogP contribution in [0.4, 0.5) is 17.2 Å². The van der Waals surface area contributed by atoms with Crippen LogP contribution in [-0.4, -0.2) is 50.7 Å². The third-order valence-electron chi connectivity index (χ3n) is 4.72. The molecule has 6 N–H and O–H groups in total. The summed E-state index contributed by atoms with van der Waals surface area (Å²) in [7, 11) is -2.33. The summed E-state index contributed by atoms with van der Waals surface area (Å²) < 4.78 is 29.1. The van der Waals surface area contributed by atoms with E-state index in [9.17, 15) is 22.8 Å². The van der Waals surface area contributed by atoms with E-state index in [0.29, 0.717) is 12.2 Å². The number of hydrogen-bond acceptors (Lipinski definition) is 8. The number of primary sulfonamides is 1. The summed E-state index contributed by atoms with van der Waals surface area (Å²) in [5.41, 5.74) is 5.43. The van der Waals surface area contributed by atoms with E-state index in [0.717, 1.165) is 0 Å². The number of nitrogen functional groups attached to an aromatic ring is 1. The Morgan fingerprint density at radius 2 is 1.85 bits per heavy atom. The molecule has 2 rings (SSSR count). The highest BCUT2D eigenvalue weighted by Crippen LogP contribution is 2.18. The second-order valence-electron chi connectivity index (χ2n) is 7.84. The van der Waals surface area contributed by atoms with Gasteiger partial charge in [0.05, 0.1) is 11.5 Å². The standard InChI is InChI=1S/C20H30N6O6S/c1-13(2)12-26-18(21)17(19(28)24-20(26)29)25(10-11-32-3)9-8-16(27)23-14-4-6-15(7-5-14)33(22,30)31/h4-7,13H,8-12,21H2,1-3H3,(H,23,27)(H2,22,30,31)(H,24,28,29). The third-order valence-corrected chi connectivity index (χ3v) is 5.65. The molecule has 2 aromatic rings. The van der Waals surface area contributed by atoms with E-state index in [1.165, 1.54) is 35.9 Å². The zero-order valence-electron chi connectivity index (χ0n) is 18.8. The van der Waals surface area contributed by atoms with Crippen molar-refractivity contribution in [3.05, 3.63) is 45.1 Å². The molecule has 0 bridgehead atoms. The smallest absolute Gasteiger partial charge is 0.330 e. The maximum Gasteiger partial charge on any atom is 0.330 e. The first-order chi connectivity index (χ1) is 15.4. The number of nitrogens with zero attached hydrogens (tertiary/aromatic N) is 2. The number of carbonyl (C=O) groups is 1. The quantitative estimate of drug-likeness (QED) is 0.342. The molecule has 1 heterocycles. The molecular weight excluding hydrogens is 452 g/mol. The Bertz CT molecular complexity index is 1190. The highest BCUT2D eigenvalue weighted by atomic mass is 32.2. The van der Waals surface area contributed by atoms with Gasteiger partial charge >= 0.3 is 5.69 Å². The van der Waals surface area contributed by atoms with Crippen molar-refractivity contribution < 1.29 is 17.9 Å². The molecule has 0 unspecified atom stereocenters. The Hall–Kier alpha value is -3.16. The van der Waals surface area contributed by atoms with E-state index < -0.39 is 21.3 Å². The van der Waals surface area contributed by atoms with Crippen molar-refractivity contribution in [1.82, 2.24) is 9.55 Å². The Morgan fingerprint density at radius 1 is 1.21 bits per heavy atom. The van der Waals surface area contributed by atoms with Crippen molar-refractivity contribution in [2.45, 2.75) is 31.7 Å². The van der Waals surface area contributed by atoms with Gasteiger partial charge in [0, 0.05) is 38.9 Å². The molecule has 0 spiro atoms. The molecule has 0 saturated carbocycles. The number of H-pyrrole nitrogens is 1. The van der Waals surface area contributed by atoms with Crippen molar-refractivity contribution in [3.63, 3.8) is 0 Å². The molecule has 1 amide bonds. The van der Waals surface area contributed by atoms with Crippen LogP contribution in [0.2, 0.25) is 0 Å². The normalized spacial score (nSPS) is 11.5. The Balaban J connectivity index is 2.20. The fraction of sp³-hybridized carbons (Fsp3) is 0.450. The highest BCUT2D eigenvalue weighted by molar-refractivity contribution is 7.89. The van der Waals surface area contributed by atoms with Gasteiger partial charge in [0.1, 0.15) is 11.5 Å². The van der Waals surface area contributed by atoms with Crippen molar-refractivity contribution in [3.8, 4) is 0 Å². The van der Waals surface area contributed by atoms with Gasteiger partial charge in [-0.1, -0.05) is 13.8 Å². The van der Waals surface area contributed by atoms with Gasteiger partial charge in [0.15, 0.2) is 0 Å². The monoisotopic (exact) mass is 482 g/mol. The first-order valence-electron chi connectivity index (χ1n) is 10.2. The van der Waals surface area contributed by atoms with E-state index >= 15 is 0 Å². The Labute approximate surface area is 191 Å². The lowest BCUT2D eigenvalue weighted by molar-refractivity contribution is -0.116. The fourth-order valence-electron chi connectivity index (χ4n) is 3.15. The lowest BCUT2D eigenvalue weighted by atomic mass is 10.2. The van der Waals surface area contributed by atoms with Crippen molar-refractivity contribution in [2.24, 2.45) is 11.1 Å². The number of benzene rings is 1. The van der Waals surface area contributed by atoms with Crippen molar-refractivity contribution in [2.75, 3.05) is 42.8 Å². The second kappa shape index (κ2) is 11.1. The summed E-state index contributed by atoms with van der Waals surface area (Å²) in [4.78, 5) is 41.0. The van der Waals surface area contributed by atoms with Gasteiger partial charge < -0.3 is 20.7 Å². The van der Waals surface area contributed by atoms with Crippen LogP contribution in [0.5, 0.6) is 0 Å². The van der Waals surface area contributed by atoms with Gasteiger partial charge in [-0.3, -0.25) is 19.1 Å². The number of sulfonamides is 1. The molecule has 33 heavy (non-hydrogen) atoms. The minimum Gasteiger partial charge on any atom is -0.383 e. The Morgan fingerprint density at radius 3 is 2.39 bits per heavy atom. The number of rotatable bonds is 11. The molecule has 0 aliphatic rings. The summed E-state index contributed by atoms with van der Waals surface area (Å²) in [6, 6.07) is 5.41. The SMILES string of the molecule is COCCN(CCC(=O)Nc1ccc(S(N)(=O)=O)cc1)c1c(N)n(CC(C)C)c(=O)[nH]c1=O. The third kappa shape index (κ3) is 7.17. The number of hydrogen-bond donors (Lipinski definition) is 4. The summed E-state index contributed by atoms with van der Waals surface area (Å²) in [6.07, 6.45) is -0.0111. The van der Waals surface area contributed by atoms with Gasteiger partial charge in [0.2, 0.25) is 15.9 Å². The van der Waals surface area contributed by atoms with Crippen LogP contribution in [0.3, 0.4) is 0 Å². The molecule has 1 aromatic heterocycles. The van der Waals surface area contributed by atoms with Crippen LogP contribution in [0.1, 0.15) is 20.3 Å². The van der Waals surface area contributed by atoms with Crippen LogP contribution in [-0.2, 0) is 26.1 Å². The summed E-state index contributed by atoms with van der Waals surface area (Å²) in [5, 5.41) is 7.72. The topological polar surface area (TPSA) is 183 Å². The average Bonchev–Trinajstić information content (AvgIpc) is 2.72. The minimum absolute atomic E-state index is 0.0111. The molecule has 0 fully saturated rings. The lowest BCUT2D eigenvalue weighted by Gasteiger charge is -2.26. The summed E-state index contributed by atoms with van der Waals surface area (Å²) >= 11 is 0. The van der Waals surface area contributed by atoms with Crippen molar-refractivity contribution >= 4 is 33.1 Å². The van der Waals surface area contributed by atoms with E-state index in [4.69, 9.17) is 15.6 Å². The van der Waals surface area contributed by atoms with Gasteiger partial charge in [-0.05, 0) is 30.2 Å². The molecular formula is C20H30N6O6S. The largest absolute Gasteiger partial charge is 0.383 e. The number of ether oxygens (including phenoxy) is 1. The molecule has 1 aromatic carbocycles. The first-order valence-corrected chi connectivity index (χ1v) is 11.8. The highest BCUT2D eigenvalue weighted by Gasteiger charge is 2.20. The number of nitrogens with one attached hydrogen (secondary N) is 2. The number of methoxy groups -OCH3 is 1. The molecule has 0 aliphatic heterocycles. The number of aromatic amines is 1. The molecule has 0 atom stereocenters. The fourth-order valence-corrected chi connectivity index (χ4v) is 3.67. The van der Waals surface area contributed by atoms with E-state index in [-0.39, 0.29) is 54.3 Å². The first kappa shape index (κ1) is 26.1. The van der Waals surface area contributed by atoms with Gasteiger partial charge in [-0.2, -0.15) is 0 Å².